The molecule has 1 aromatic carbocycles. The van der Waals surface area contributed by atoms with Gasteiger partial charge in [-0.15, -0.1) is 11.3 Å². The van der Waals surface area contributed by atoms with Crippen LogP contribution in [0.1, 0.15) is 35.8 Å². The minimum absolute atomic E-state index is 0.00785. The summed E-state index contributed by atoms with van der Waals surface area (Å²) in [7, 11) is 1.64. The van der Waals surface area contributed by atoms with Crippen molar-refractivity contribution in [1.82, 2.24) is 19.7 Å². The number of aryl methyl sites for hydroxylation is 1. The maximum atomic E-state index is 12.6. The molecule has 0 fully saturated rings. The van der Waals surface area contributed by atoms with Gasteiger partial charge in [0.15, 0.2) is 11.8 Å². The first-order chi connectivity index (χ1) is 13.9. The summed E-state index contributed by atoms with van der Waals surface area (Å²) < 4.78 is 7.53. The summed E-state index contributed by atoms with van der Waals surface area (Å²) in [6, 6.07) is 10.3. The lowest BCUT2D eigenvalue weighted by Gasteiger charge is -2.20. The van der Waals surface area contributed by atoms with Crippen molar-refractivity contribution in [2.24, 2.45) is 0 Å². The van der Waals surface area contributed by atoms with Gasteiger partial charge in [0, 0.05) is 19.7 Å². The molecule has 29 heavy (non-hydrogen) atoms. The van der Waals surface area contributed by atoms with Crippen LogP contribution in [0.2, 0.25) is 0 Å². The van der Waals surface area contributed by atoms with Crippen molar-refractivity contribution in [2.45, 2.75) is 39.5 Å². The van der Waals surface area contributed by atoms with Gasteiger partial charge in [-0.1, -0.05) is 19.1 Å². The SMILES string of the molecule is CCCn1nc(C(=O)OC(C)C(=O)N(C)Cc2nc3ccccc3s2)ccc1=O. The first-order valence-corrected chi connectivity index (χ1v) is 10.1. The Balaban J connectivity index is 1.63. The molecule has 0 spiro atoms. The standard InChI is InChI=1S/C20H22N4O4S/c1-4-11-24-18(25)10-9-15(22-24)20(27)28-13(2)19(26)23(3)12-17-21-14-7-5-6-8-16(14)29-17/h5-10,13H,4,11-12H2,1-3H3. The highest BCUT2D eigenvalue weighted by Gasteiger charge is 2.24. The van der Waals surface area contributed by atoms with Crippen molar-refractivity contribution >= 4 is 33.4 Å². The van der Waals surface area contributed by atoms with Crippen LogP contribution in [0.25, 0.3) is 10.2 Å². The minimum atomic E-state index is -0.991. The van der Waals surface area contributed by atoms with Gasteiger partial charge >= 0.3 is 5.97 Å². The summed E-state index contributed by atoms with van der Waals surface area (Å²) in [5, 5.41) is 4.81. The number of fused-ring (bicyclic) bond motifs is 1. The molecule has 1 atom stereocenters. The number of ether oxygens (including phenoxy) is 1. The molecular formula is C20H22N4O4S. The third-order valence-electron chi connectivity index (χ3n) is 4.23. The lowest BCUT2D eigenvalue weighted by Crippen LogP contribution is -2.37. The van der Waals surface area contributed by atoms with Gasteiger partial charge in [0.2, 0.25) is 0 Å². The number of carbonyl (C=O) groups is 2. The van der Waals surface area contributed by atoms with Crippen molar-refractivity contribution < 1.29 is 14.3 Å². The average molecular weight is 414 g/mol. The number of hydrogen-bond donors (Lipinski definition) is 0. The zero-order valence-electron chi connectivity index (χ0n) is 16.5. The van der Waals surface area contributed by atoms with E-state index in [2.05, 4.69) is 10.1 Å². The van der Waals surface area contributed by atoms with Crippen LogP contribution in [0.3, 0.4) is 0 Å². The van der Waals surface area contributed by atoms with Gasteiger partial charge in [0.25, 0.3) is 11.5 Å². The fourth-order valence-corrected chi connectivity index (χ4v) is 3.80. The maximum Gasteiger partial charge on any atom is 0.359 e. The molecule has 0 aliphatic heterocycles. The van der Waals surface area contributed by atoms with Gasteiger partial charge in [-0.05, 0) is 31.5 Å². The highest BCUT2D eigenvalue weighted by molar-refractivity contribution is 7.18. The van der Waals surface area contributed by atoms with Crippen LogP contribution in [0, 0.1) is 0 Å². The summed E-state index contributed by atoms with van der Waals surface area (Å²) in [5.74, 6) is -1.09. The molecule has 3 rings (SSSR count). The summed E-state index contributed by atoms with van der Waals surface area (Å²) in [6.45, 7) is 4.14. The molecule has 0 saturated heterocycles. The third kappa shape index (κ3) is 4.86. The fraction of sp³-hybridized carbons (Fsp3) is 0.350. The van der Waals surface area contributed by atoms with Crippen molar-refractivity contribution in [2.75, 3.05) is 7.05 Å². The molecule has 2 aromatic heterocycles. The average Bonchev–Trinajstić information content (AvgIpc) is 3.11. The molecule has 0 saturated carbocycles. The van der Waals surface area contributed by atoms with Crippen molar-refractivity contribution in [3.05, 3.63) is 57.5 Å². The van der Waals surface area contributed by atoms with Gasteiger partial charge in [-0.2, -0.15) is 5.10 Å². The normalized spacial score (nSPS) is 12.0. The Labute approximate surface area is 171 Å². The molecule has 0 N–H and O–H groups in total. The molecule has 0 radical (unpaired) electrons. The molecule has 3 aromatic rings. The molecule has 1 unspecified atom stereocenters. The Hall–Kier alpha value is -3.07. The van der Waals surface area contributed by atoms with E-state index < -0.39 is 12.1 Å². The number of para-hydroxylation sites is 1. The smallest absolute Gasteiger partial charge is 0.359 e. The number of likely N-dealkylation sites (N-methyl/N-ethyl adjacent to an activating group) is 1. The number of nitrogens with zero attached hydrogens (tertiary/aromatic N) is 4. The van der Waals surface area contributed by atoms with Crippen LogP contribution in [-0.4, -0.2) is 44.7 Å². The first-order valence-electron chi connectivity index (χ1n) is 9.27. The molecule has 1 amide bonds. The lowest BCUT2D eigenvalue weighted by atomic mass is 10.3. The highest BCUT2D eigenvalue weighted by atomic mass is 32.1. The summed E-state index contributed by atoms with van der Waals surface area (Å²) >= 11 is 1.52. The second kappa shape index (κ2) is 8.95. The maximum absolute atomic E-state index is 12.6. The van der Waals surface area contributed by atoms with Crippen molar-refractivity contribution in [3.8, 4) is 0 Å². The van der Waals surface area contributed by atoms with E-state index in [0.717, 1.165) is 15.2 Å². The van der Waals surface area contributed by atoms with Gasteiger partial charge in [-0.3, -0.25) is 9.59 Å². The van der Waals surface area contributed by atoms with Gasteiger partial charge in [-0.25, -0.2) is 14.5 Å². The van der Waals surface area contributed by atoms with E-state index in [9.17, 15) is 14.4 Å². The van der Waals surface area contributed by atoms with E-state index >= 15 is 0 Å². The molecule has 8 nitrogen and oxygen atoms in total. The number of benzene rings is 1. The lowest BCUT2D eigenvalue weighted by molar-refractivity contribution is -0.139. The third-order valence-corrected chi connectivity index (χ3v) is 5.25. The van der Waals surface area contributed by atoms with Gasteiger partial charge < -0.3 is 9.64 Å². The Kier molecular flexibility index (Phi) is 6.38. The molecule has 2 heterocycles. The topological polar surface area (TPSA) is 94.4 Å². The fourth-order valence-electron chi connectivity index (χ4n) is 2.78. The highest BCUT2D eigenvalue weighted by Crippen LogP contribution is 2.22. The van der Waals surface area contributed by atoms with Crippen molar-refractivity contribution in [3.63, 3.8) is 0 Å². The van der Waals surface area contributed by atoms with Crippen LogP contribution in [0.5, 0.6) is 0 Å². The Morgan fingerprint density at radius 1 is 1.24 bits per heavy atom. The second-order valence-electron chi connectivity index (χ2n) is 6.60. The van der Waals surface area contributed by atoms with Crippen LogP contribution in [0.4, 0.5) is 0 Å². The number of rotatable bonds is 7. The van der Waals surface area contributed by atoms with Crippen LogP contribution < -0.4 is 5.56 Å². The molecular weight excluding hydrogens is 392 g/mol. The zero-order valence-corrected chi connectivity index (χ0v) is 17.3. The molecule has 152 valence electrons. The van der Waals surface area contributed by atoms with Crippen LogP contribution in [-0.2, 0) is 22.6 Å². The van der Waals surface area contributed by atoms with E-state index in [1.165, 1.54) is 40.0 Å². The van der Waals surface area contributed by atoms with E-state index in [1.54, 1.807) is 7.05 Å². The Morgan fingerprint density at radius 3 is 2.72 bits per heavy atom. The molecule has 9 heteroatoms. The predicted molar refractivity (Wildman–Crippen MR) is 110 cm³/mol. The zero-order chi connectivity index (χ0) is 21.0. The van der Waals surface area contributed by atoms with Gasteiger partial charge in [0.1, 0.15) is 5.01 Å². The molecule has 0 aliphatic rings. The Bertz CT molecular complexity index is 1060. The van der Waals surface area contributed by atoms with E-state index in [4.69, 9.17) is 4.74 Å². The van der Waals surface area contributed by atoms with E-state index in [-0.39, 0.29) is 17.2 Å². The number of esters is 1. The quantitative estimate of drug-likeness (QED) is 0.551. The number of thiazole rings is 1. The van der Waals surface area contributed by atoms with Crippen molar-refractivity contribution in [1.29, 1.82) is 0 Å². The number of carbonyl (C=O) groups excluding carboxylic acids is 2. The minimum Gasteiger partial charge on any atom is -0.448 e. The first kappa shape index (κ1) is 20.7. The number of hydrogen-bond acceptors (Lipinski definition) is 7. The summed E-state index contributed by atoms with van der Waals surface area (Å²) in [5.41, 5.74) is 0.593. The van der Waals surface area contributed by atoms with E-state index in [1.807, 2.05) is 31.2 Å². The molecule has 0 bridgehead atoms. The van der Waals surface area contributed by atoms with Crippen LogP contribution >= 0.6 is 11.3 Å². The largest absolute Gasteiger partial charge is 0.448 e. The Morgan fingerprint density at radius 2 is 2.00 bits per heavy atom. The summed E-state index contributed by atoms with van der Waals surface area (Å²) in [4.78, 5) is 42.7. The predicted octanol–water partition coefficient (Wildman–Crippen LogP) is 2.47. The number of aromatic nitrogens is 3. The second-order valence-corrected chi connectivity index (χ2v) is 7.71. The number of amides is 1. The summed E-state index contributed by atoms with van der Waals surface area (Å²) in [6.07, 6.45) is -0.285. The monoisotopic (exact) mass is 414 g/mol. The van der Waals surface area contributed by atoms with E-state index in [0.29, 0.717) is 19.5 Å². The van der Waals surface area contributed by atoms with Gasteiger partial charge in [0.05, 0.1) is 16.8 Å². The van der Waals surface area contributed by atoms with Crippen LogP contribution in [0.15, 0.2) is 41.2 Å². The molecule has 0 aliphatic carbocycles.